The summed E-state index contributed by atoms with van der Waals surface area (Å²) in [6.07, 6.45) is 1.77. The van der Waals surface area contributed by atoms with E-state index < -0.39 is 23.3 Å². The maximum Gasteiger partial charge on any atom is 0.222 e. The molecule has 0 bridgehead atoms. The Labute approximate surface area is 99.9 Å². The van der Waals surface area contributed by atoms with Crippen molar-refractivity contribution in [1.29, 1.82) is 0 Å². The van der Waals surface area contributed by atoms with Gasteiger partial charge in [0.15, 0.2) is 5.83 Å². The Hall–Kier alpha value is -2.30. The van der Waals surface area contributed by atoms with Gasteiger partial charge in [0.05, 0.1) is 0 Å². The topological polar surface area (TPSA) is 43.1 Å². The van der Waals surface area contributed by atoms with Crippen LogP contribution in [0.15, 0.2) is 35.4 Å². The van der Waals surface area contributed by atoms with Gasteiger partial charge in [0, 0.05) is 28.5 Å². The van der Waals surface area contributed by atoms with Crippen molar-refractivity contribution in [2.75, 3.05) is 5.73 Å². The Morgan fingerprint density at radius 1 is 1.06 bits per heavy atom. The highest BCUT2D eigenvalue weighted by molar-refractivity contribution is 6.26. The molecule has 1 aromatic rings. The van der Waals surface area contributed by atoms with Gasteiger partial charge in [-0.05, 0) is 23.8 Å². The number of carbonyl (C=O) groups excluding carboxylic acids is 1. The van der Waals surface area contributed by atoms with Crippen molar-refractivity contribution in [2.45, 2.75) is 0 Å². The SMILES string of the molecule is Nc1cc(F)cc2c1C1=C(F)C=C(F)C(=O)C1=C2. The van der Waals surface area contributed by atoms with Gasteiger partial charge in [-0.25, -0.2) is 13.2 Å². The highest BCUT2D eigenvalue weighted by atomic mass is 19.1. The van der Waals surface area contributed by atoms with Crippen LogP contribution < -0.4 is 5.73 Å². The first kappa shape index (κ1) is 10.8. The third-order valence-electron chi connectivity index (χ3n) is 2.94. The highest BCUT2D eigenvalue weighted by Gasteiger charge is 2.34. The minimum atomic E-state index is -1.17. The fourth-order valence-corrected chi connectivity index (χ4v) is 2.22. The van der Waals surface area contributed by atoms with E-state index in [1.807, 2.05) is 0 Å². The summed E-state index contributed by atoms with van der Waals surface area (Å²) in [7, 11) is 0. The quantitative estimate of drug-likeness (QED) is 0.718. The molecule has 0 spiro atoms. The number of carbonyl (C=O) groups is 1. The molecule has 0 aliphatic heterocycles. The fourth-order valence-electron chi connectivity index (χ4n) is 2.22. The van der Waals surface area contributed by atoms with Crippen LogP contribution in [0, 0.1) is 5.82 Å². The Morgan fingerprint density at radius 3 is 2.50 bits per heavy atom. The Bertz CT molecular complexity index is 698. The number of nitrogens with two attached hydrogens (primary N) is 1. The predicted molar refractivity (Wildman–Crippen MR) is 61.0 cm³/mol. The number of nitrogen functional groups attached to an aromatic ring is 1. The zero-order valence-electron chi connectivity index (χ0n) is 8.93. The number of Topliss-reactive ketones (excluding diaryl/α,β-unsaturated/α-hetero) is 1. The second kappa shape index (κ2) is 3.35. The Balaban J connectivity index is 2.36. The van der Waals surface area contributed by atoms with Gasteiger partial charge in [-0.15, -0.1) is 0 Å². The molecule has 0 saturated heterocycles. The monoisotopic (exact) mass is 249 g/mol. The fraction of sp³-hybridized carbons (Fsp3) is 0. The van der Waals surface area contributed by atoms with Gasteiger partial charge in [-0.3, -0.25) is 4.79 Å². The van der Waals surface area contributed by atoms with Gasteiger partial charge in [-0.1, -0.05) is 0 Å². The molecule has 0 unspecified atom stereocenters. The normalized spacial score (nSPS) is 17.4. The van der Waals surface area contributed by atoms with Crippen molar-refractivity contribution in [3.8, 4) is 0 Å². The summed E-state index contributed by atoms with van der Waals surface area (Å²) in [6.45, 7) is 0. The van der Waals surface area contributed by atoms with E-state index in [9.17, 15) is 18.0 Å². The van der Waals surface area contributed by atoms with Crippen molar-refractivity contribution >= 4 is 23.1 Å². The zero-order chi connectivity index (χ0) is 13.0. The standard InChI is InChI=1S/C13H6F3NO/c14-6-1-5-2-7-12(11(5)10(17)3-6)8(15)4-9(16)13(7)18/h1-4H,17H2. The van der Waals surface area contributed by atoms with Crippen molar-refractivity contribution in [3.05, 3.63) is 52.4 Å². The minimum absolute atomic E-state index is 0.0184. The molecule has 1 aromatic carbocycles. The number of hydrogen-bond donors (Lipinski definition) is 1. The average Bonchev–Trinajstić information content (AvgIpc) is 2.65. The summed E-state index contributed by atoms with van der Waals surface area (Å²) >= 11 is 0. The lowest BCUT2D eigenvalue weighted by atomic mass is 9.94. The van der Waals surface area contributed by atoms with Crippen LogP contribution >= 0.6 is 0 Å². The smallest absolute Gasteiger partial charge is 0.222 e. The molecule has 0 aromatic heterocycles. The Morgan fingerprint density at radius 2 is 1.78 bits per heavy atom. The molecule has 3 rings (SSSR count). The summed E-state index contributed by atoms with van der Waals surface area (Å²) in [5, 5.41) is 0. The third kappa shape index (κ3) is 1.27. The number of anilines is 1. The van der Waals surface area contributed by atoms with Crippen molar-refractivity contribution in [2.24, 2.45) is 0 Å². The van der Waals surface area contributed by atoms with Crippen LogP contribution in [0.1, 0.15) is 11.1 Å². The number of fused-ring (bicyclic) bond motifs is 3. The average molecular weight is 249 g/mol. The second-order valence-corrected chi connectivity index (χ2v) is 4.06. The van der Waals surface area contributed by atoms with Crippen molar-refractivity contribution < 1.29 is 18.0 Å². The van der Waals surface area contributed by atoms with E-state index in [2.05, 4.69) is 0 Å². The minimum Gasteiger partial charge on any atom is -0.398 e. The summed E-state index contributed by atoms with van der Waals surface area (Å²) in [5.74, 6) is -3.56. The van der Waals surface area contributed by atoms with Gasteiger partial charge in [0.2, 0.25) is 5.78 Å². The van der Waals surface area contributed by atoms with Gasteiger partial charge < -0.3 is 5.73 Å². The molecular weight excluding hydrogens is 243 g/mol. The first-order chi connectivity index (χ1) is 8.49. The summed E-state index contributed by atoms with van der Waals surface area (Å²) in [4.78, 5) is 11.6. The summed E-state index contributed by atoms with van der Waals surface area (Å²) in [5.41, 5.74) is 5.97. The number of benzene rings is 1. The highest BCUT2D eigenvalue weighted by Crippen LogP contribution is 2.45. The third-order valence-corrected chi connectivity index (χ3v) is 2.94. The molecule has 0 saturated carbocycles. The van der Waals surface area contributed by atoms with E-state index in [1.165, 1.54) is 6.08 Å². The van der Waals surface area contributed by atoms with Crippen molar-refractivity contribution in [1.82, 2.24) is 0 Å². The van der Waals surface area contributed by atoms with Crippen LogP contribution in [0.3, 0.4) is 0 Å². The molecule has 2 aliphatic rings. The molecule has 0 radical (unpaired) electrons. The number of hydrogen-bond acceptors (Lipinski definition) is 2. The number of allylic oxidation sites excluding steroid dienone is 5. The van der Waals surface area contributed by atoms with Gasteiger partial charge in [0.25, 0.3) is 0 Å². The van der Waals surface area contributed by atoms with Gasteiger partial charge in [0.1, 0.15) is 11.6 Å². The van der Waals surface area contributed by atoms with Crippen molar-refractivity contribution in [3.63, 3.8) is 0 Å². The van der Waals surface area contributed by atoms with E-state index >= 15 is 0 Å². The predicted octanol–water partition coefficient (Wildman–Crippen LogP) is 2.92. The molecule has 0 amide bonds. The maximum absolute atomic E-state index is 13.7. The molecule has 0 atom stereocenters. The largest absolute Gasteiger partial charge is 0.398 e. The molecule has 18 heavy (non-hydrogen) atoms. The molecule has 2 N–H and O–H groups in total. The van der Waals surface area contributed by atoms with Gasteiger partial charge in [-0.2, -0.15) is 0 Å². The molecule has 0 fully saturated rings. The molecule has 90 valence electrons. The lowest BCUT2D eigenvalue weighted by Crippen LogP contribution is -2.09. The molecule has 0 heterocycles. The maximum atomic E-state index is 13.7. The first-order valence-corrected chi connectivity index (χ1v) is 5.12. The van der Waals surface area contributed by atoms with Crippen LogP contribution in [0.5, 0.6) is 0 Å². The first-order valence-electron chi connectivity index (χ1n) is 5.12. The number of ketones is 1. The van der Waals surface area contributed by atoms with Crippen LogP contribution in [-0.4, -0.2) is 5.78 Å². The molecule has 5 heteroatoms. The zero-order valence-corrected chi connectivity index (χ0v) is 8.93. The number of halogens is 3. The lowest BCUT2D eigenvalue weighted by Gasteiger charge is -2.12. The molecule has 2 aliphatic carbocycles. The van der Waals surface area contributed by atoms with Gasteiger partial charge >= 0.3 is 0 Å². The van der Waals surface area contributed by atoms with E-state index in [1.54, 1.807) is 0 Å². The second-order valence-electron chi connectivity index (χ2n) is 4.06. The van der Waals surface area contributed by atoms with Crippen LogP contribution in [-0.2, 0) is 4.79 Å². The summed E-state index contributed by atoms with van der Waals surface area (Å²) < 4.78 is 40.1. The van der Waals surface area contributed by atoms with Crippen LogP contribution in [0.4, 0.5) is 18.9 Å². The van der Waals surface area contributed by atoms with E-state index in [4.69, 9.17) is 5.73 Å². The van der Waals surface area contributed by atoms with E-state index in [-0.39, 0.29) is 28.0 Å². The Kier molecular flexibility index (Phi) is 2.02. The molecular formula is C13H6F3NO. The number of rotatable bonds is 0. The van der Waals surface area contributed by atoms with E-state index in [0.717, 1.165) is 12.1 Å². The summed E-state index contributed by atoms with van der Waals surface area (Å²) in [6, 6.07) is 2.16. The van der Waals surface area contributed by atoms with Crippen LogP contribution in [0.2, 0.25) is 0 Å². The van der Waals surface area contributed by atoms with E-state index in [0.29, 0.717) is 6.08 Å². The van der Waals surface area contributed by atoms with Crippen LogP contribution in [0.25, 0.3) is 11.6 Å². The molecule has 2 nitrogen and oxygen atoms in total. The lowest BCUT2D eigenvalue weighted by molar-refractivity contribution is -0.113.